The number of hydrogen-bond donors (Lipinski definition) is 1. The highest BCUT2D eigenvalue weighted by molar-refractivity contribution is 6.30. The van der Waals surface area contributed by atoms with Gasteiger partial charge in [0.1, 0.15) is 0 Å². The molecule has 0 aliphatic heterocycles. The van der Waals surface area contributed by atoms with E-state index >= 15 is 0 Å². The summed E-state index contributed by atoms with van der Waals surface area (Å²) in [4.78, 5) is 19.5. The Bertz CT molecular complexity index is 450. The predicted molar refractivity (Wildman–Crippen MR) is 60.7 cm³/mol. The monoisotopic (exact) mass is 237 g/mol. The molecule has 1 aromatic heterocycles. The smallest absolute Gasteiger partial charge is 0.224 e. The maximum absolute atomic E-state index is 11.5. The molecule has 84 valence electrons. The maximum atomic E-state index is 11.5. The molecule has 1 aromatic rings. The average molecular weight is 238 g/mol. The lowest BCUT2D eigenvalue weighted by molar-refractivity contribution is -0.130. The van der Waals surface area contributed by atoms with Crippen LogP contribution in [0.2, 0.25) is 5.15 Å². The first-order chi connectivity index (χ1) is 7.53. The molecule has 4 nitrogen and oxygen atoms in total. The van der Waals surface area contributed by atoms with E-state index in [2.05, 4.69) is 16.5 Å². The molecule has 1 amide bonds. The van der Waals surface area contributed by atoms with Gasteiger partial charge in [-0.05, 0) is 12.8 Å². The molecule has 2 rings (SSSR count). The van der Waals surface area contributed by atoms with Crippen LogP contribution in [0.25, 0.3) is 0 Å². The molecule has 1 heterocycles. The molecule has 0 unspecified atom stereocenters. The Morgan fingerprint density at radius 2 is 2.12 bits per heavy atom. The zero-order valence-corrected chi connectivity index (χ0v) is 9.50. The number of nitrogens with two attached hydrogens (primary N) is 1. The Morgan fingerprint density at radius 3 is 2.62 bits per heavy atom. The Balaban J connectivity index is 2.23. The molecule has 5 heteroatoms. The molecule has 1 aliphatic carbocycles. The molecule has 0 aromatic carbocycles. The summed E-state index contributed by atoms with van der Waals surface area (Å²) in [6.45, 7) is 3.83. The largest absolute Gasteiger partial charge is 0.369 e. The lowest BCUT2D eigenvalue weighted by Crippen LogP contribution is -2.45. The Hall–Kier alpha value is -1.42. The number of aromatic nitrogens is 2. The second-order valence-electron chi connectivity index (χ2n) is 4.22. The molecule has 16 heavy (non-hydrogen) atoms. The normalized spacial score (nSPS) is 17.9. The SMILES string of the molecule is C=C1CC(Cc2nccnc2Cl)(C(N)=O)C1. The Morgan fingerprint density at radius 1 is 1.50 bits per heavy atom. The van der Waals surface area contributed by atoms with E-state index in [4.69, 9.17) is 17.3 Å². The van der Waals surface area contributed by atoms with Crippen molar-refractivity contribution in [1.82, 2.24) is 9.97 Å². The predicted octanol–water partition coefficient (Wildman–Crippen LogP) is 1.49. The highest BCUT2D eigenvalue weighted by atomic mass is 35.5. The van der Waals surface area contributed by atoms with Crippen LogP contribution in [0.15, 0.2) is 24.5 Å². The van der Waals surface area contributed by atoms with Crippen molar-refractivity contribution in [3.63, 3.8) is 0 Å². The first-order valence-electron chi connectivity index (χ1n) is 4.95. The van der Waals surface area contributed by atoms with Gasteiger partial charge in [0.05, 0.1) is 11.1 Å². The van der Waals surface area contributed by atoms with E-state index in [0.717, 1.165) is 5.57 Å². The fourth-order valence-corrected chi connectivity index (χ4v) is 2.25. The van der Waals surface area contributed by atoms with Gasteiger partial charge in [0.15, 0.2) is 5.15 Å². The van der Waals surface area contributed by atoms with Crippen LogP contribution in [0.1, 0.15) is 18.5 Å². The molecule has 0 bridgehead atoms. The zero-order valence-electron chi connectivity index (χ0n) is 8.74. The van der Waals surface area contributed by atoms with Crippen molar-refractivity contribution in [2.45, 2.75) is 19.3 Å². The second-order valence-corrected chi connectivity index (χ2v) is 4.58. The van der Waals surface area contributed by atoms with Gasteiger partial charge in [0.25, 0.3) is 0 Å². The van der Waals surface area contributed by atoms with Gasteiger partial charge in [0.2, 0.25) is 5.91 Å². The van der Waals surface area contributed by atoms with Crippen LogP contribution in [-0.2, 0) is 11.2 Å². The topological polar surface area (TPSA) is 68.9 Å². The number of carbonyl (C=O) groups is 1. The molecule has 1 saturated carbocycles. The van der Waals surface area contributed by atoms with E-state index < -0.39 is 5.41 Å². The molecule has 0 atom stereocenters. The lowest BCUT2D eigenvalue weighted by Gasteiger charge is -2.40. The number of amides is 1. The van der Waals surface area contributed by atoms with Crippen LogP contribution in [-0.4, -0.2) is 15.9 Å². The van der Waals surface area contributed by atoms with E-state index in [1.807, 2.05) is 0 Å². The highest BCUT2D eigenvalue weighted by Gasteiger charge is 2.45. The van der Waals surface area contributed by atoms with Gasteiger partial charge >= 0.3 is 0 Å². The van der Waals surface area contributed by atoms with Crippen LogP contribution in [0.4, 0.5) is 0 Å². The summed E-state index contributed by atoms with van der Waals surface area (Å²) >= 11 is 5.90. The summed E-state index contributed by atoms with van der Waals surface area (Å²) in [5, 5.41) is 0.334. The van der Waals surface area contributed by atoms with E-state index in [1.54, 1.807) is 6.20 Å². The van der Waals surface area contributed by atoms with Crippen LogP contribution < -0.4 is 5.73 Å². The number of carbonyl (C=O) groups excluding carboxylic acids is 1. The third kappa shape index (κ3) is 1.80. The van der Waals surface area contributed by atoms with E-state index in [9.17, 15) is 4.79 Å². The first-order valence-corrected chi connectivity index (χ1v) is 5.33. The number of primary amides is 1. The van der Waals surface area contributed by atoms with Crippen molar-refractivity contribution in [2.24, 2.45) is 11.1 Å². The standard InChI is InChI=1S/C11H12ClN3O/c1-7-4-11(5-7,10(13)16)6-8-9(12)15-3-2-14-8/h2-3H,1,4-6H2,(H2,13,16). The minimum absolute atomic E-state index is 0.318. The third-order valence-electron chi connectivity index (χ3n) is 2.93. The van der Waals surface area contributed by atoms with Crippen molar-refractivity contribution < 1.29 is 4.79 Å². The van der Waals surface area contributed by atoms with Crippen LogP contribution in [0.3, 0.4) is 0 Å². The molecule has 2 N–H and O–H groups in total. The van der Waals surface area contributed by atoms with Crippen LogP contribution in [0.5, 0.6) is 0 Å². The van der Waals surface area contributed by atoms with Crippen molar-refractivity contribution in [3.05, 3.63) is 35.4 Å². The number of rotatable bonds is 3. The molecular formula is C11H12ClN3O. The molecule has 1 fully saturated rings. The summed E-state index contributed by atoms with van der Waals surface area (Å²) in [6, 6.07) is 0. The van der Waals surface area contributed by atoms with Crippen LogP contribution in [0, 0.1) is 5.41 Å². The average Bonchev–Trinajstić information content (AvgIpc) is 2.18. The van der Waals surface area contributed by atoms with Gasteiger partial charge in [-0.2, -0.15) is 0 Å². The molecule has 0 saturated heterocycles. The molecule has 1 aliphatic rings. The quantitative estimate of drug-likeness (QED) is 0.810. The summed E-state index contributed by atoms with van der Waals surface area (Å²) < 4.78 is 0. The van der Waals surface area contributed by atoms with Crippen molar-refractivity contribution in [2.75, 3.05) is 0 Å². The summed E-state index contributed by atoms with van der Waals surface area (Å²) in [5.74, 6) is -0.318. The molecule has 0 spiro atoms. The van der Waals surface area contributed by atoms with Crippen molar-refractivity contribution in [3.8, 4) is 0 Å². The fourth-order valence-electron chi connectivity index (χ4n) is 2.08. The van der Waals surface area contributed by atoms with Gasteiger partial charge in [-0.1, -0.05) is 23.8 Å². The van der Waals surface area contributed by atoms with Crippen molar-refractivity contribution in [1.29, 1.82) is 0 Å². The number of hydrogen-bond acceptors (Lipinski definition) is 3. The minimum atomic E-state index is -0.559. The number of halogens is 1. The lowest BCUT2D eigenvalue weighted by atomic mass is 9.63. The van der Waals surface area contributed by atoms with Crippen LogP contribution >= 0.6 is 11.6 Å². The summed E-state index contributed by atoms with van der Waals surface area (Å²) in [5.41, 5.74) is 6.52. The fraction of sp³-hybridized carbons (Fsp3) is 0.364. The Labute approximate surface area is 98.5 Å². The second kappa shape index (κ2) is 3.87. The van der Waals surface area contributed by atoms with Gasteiger partial charge in [0, 0.05) is 18.8 Å². The maximum Gasteiger partial charge on any atom is 0.224 e. The van der Waals surface area contributed by atoms with Gasteiger partial charge in [-0.25, -0.2) is 4.98 Å². The van der Waals surface area contributed by atoms with Gasteiger partial charge in [-0.3, -0.25) is 9.78 Å². The van der Waals surface area contributed by atoms with E-state index in [-0.39, 0.29) is 5.91 Å². The minimum Gasteiger partial charge on any atom is -0.369 e. The molecule has 0 radical (unpaired) electrons. The summed E-state index contributed by atoms with van der Waals surface area (Å²) in [7, 11) is 0. The van der Waals surface area contributed by atoms with Crippen molar-refractivity contribution >= 4 is 17.5 Å². The number of nitrogens with zero attached hydrogens (tertiary/aromatic N) is 2. The first kappa shape index (κ1) is 11.1. The highest BCUT2D eigenvalue weighted by Crippen LogP contribution is 2.46. The summed E-state index contributed by atoms with van der Waals surface area (Å²) in [6.07, 6.45) is 4.75. The van der Waals surface area contributed by atoms with E-state index in [1.165, 1.54) is 6.20 Å². The van der Waals surface area contributed by atoms with Gasteiger partial charge in [-0.15, -0.1) is 0 Å². The third-order valence-corrected chi connectivity index (χ3v) is 3.24. The molecular weight excluding hydrogens is 226 g/mol. The zero-order chi connectivity index (χ0) is 11.8. The Kier molecular flexibility index (Phi) is 2.68. The van der Waals surface area contributed by atoms with E-state index in [0.29, 0.717) is 30.1 Å². The van der Waals surface area contributed by atoms with Gasteiger partial charge < -0.3 is 5.73 Å². The number of allylic oxidation sites excluding steroid dienone is 1.